The molecule has 0 radical (unpaired) electrons. The summed E-state index contributed by atoms with van der Waals surface area (Å²) in [5.41, 5.74) is 1.80. The maximum atomic E-state index is 14.3. The smallest absolute Gasteiger partial charge is 0.222 e. The van der Waals surface area contributed by atoms with Gasteiger partial charge in [0.05, 0.1) is 13.2 Å². The van der Waals surface area contributed by atoms with Crippen molar-refractivity contribution in [2.24, 2.45) is 0 Å². The van der Waals surface area contributed by atoms with Crippen molar-refractivity contribution in [2.45, 2.75) is 43.9 Å². The molecule has 3 aromatic rings. The molecule has 3 unspecified atom stereocenters. The Morgan fingerprint density at radius 2 is 2.00 bits per heavy atom. The van der Waals surface area contributed by atoms with Gasteiger partial charge in [-0.3, -0.25) is 4.79 Å². The first-order valence-electron chi connectivity index (χ1n) is 11.1. The number of aromatic amines is 1. The van der Waals surface area contributed by atoms with E-state index >= 15 is 0 Å². The third-order valence-corrected chi connectivity index (χ3v) is 5.72. The van der Waals surface area contributed by atoms with Crippen LogP contribution in [0.2, 0.25) is 0 Å². The van der Waals surface area contributed by atoms with Crippen LogP contribution in [0.5, 0.6) is 0 Å². The summed E-state index contributed by atoms with van der Waals surface area (Å²) in [6, 6.07) is 18.7. The molecule has 174 valence electrons. The number of nitrogens with one attached hydrogen (secondary N) is 1. The van der Waals surface area contributed by atoms with E-state index in [2.05, 4.69) is 4.98 Å². The molecule has 2 N–H and O–H groups in total. The molecule has 0 saturated carbocycles. The van der Waals surface area contributed by atoms with Gasteiger partial charge in [-0.05, 0) is 30.5 Å². The molecule has 0 amide bonds. The number of aliphatic hydroxyl groups is 1. The van der Waals surface area contributed by atoms with Crippen LogP contribution < -0.4 is 5.43 Å². The van der Waals surface area contributed by atoms with Crippen LogP contribution in [0.15, 0.2) is 77.7 Å². The fourth-order valence-corrected chi connectivity index (χ4v) is 4.15. The second-order valence-electron chi connectivity index (χ2n) is 8.05. The minimum Gasteiger partial charge on any atom is -0.396 e. The number of ether oxygens (including phenoxy) is 3. The van der Waals surface area contributed by atoms with Crippen molar-refractivity contribution in [3.63, 3.8) is 0 Å². The molecule has 2 heterocycles. The highest BCUT2D eigenvalue weighted by molar-refractivity contribution is 5.24. The van der Waals surface area contributed by atoms with Gasteiger partial charge in [0.25, 0.3) is 0 Å². The second-order valence-corrected chi connectivity index (χ2v) is 8.05. The Kier molecular flexibility index (Phi) is 7.67. The van der Waals surface area contributed by atoms with E-state index < -0.39 is 23.8 Å². The zero-order valence-electron chi connectivity index (χ0n) is 18.3. The molecule has 4 rings (SSSR count). The van der Waals surface area contributed by atoms with Gasteiger partial charge in [0, 0.05) is 42.6 Å². The fourth-order valence-electron chi connectivity index (χ4n) is 4.15. The summed E-state index contributed by atoms with van der Waals surface area (Å²) in [4.78, 5) is 15.0. The average Bonchev–Trinajstić information content (AvgIpc) is 2.84. The average molecular weight is 454 g/mol. The van der Waals surface area contributed by atoms with E-state index in [1.807, 2.05) is 30.3 Å². The molecular weight excluding hydrogens is 425 g/mol. The van der Waals surface area contributed by atoms with Crippen LogP contribution >= 0.6 is 0 Å². The normalized spacial score (nSPS) is 21.6. The summed E-state index contributed by atoms with van der Waals surface area (Å²) in [7, 11) is 0. The van der Waals surface area contributed by atoms with Gasteiger partial charge < -0.3 is 24.3 Å². The van der Waals surface area contributed by atoms with Gasteiger partial charge in [-0.1, -0.05) is 42.5 Å². The zero-order valence-corrected chi connectivity index (χ0v) is 18.3. The number of hydrogen-bond acceptors (Lipinski definition) is 5. The van der Waals surface area contributed by atoms with Crippen LogP contribution in [0.4, 0.5) is 4.39 Å². The topological polar surface area (TPSA) is 80.8 Å². The molecule has 6 nitrogen and oxygen atoms in total. The van der Waals surface area contributed by atoms with Gasteiger partial charge in [-0.25, -0.2) is 4.39 Å². The molecule has 3 atom stereocenters. The van der Waals surface area contributed by atoms with Crippen molar-refractivity contribution >= 4 is 0 Å². The van der Waals surface area contributed by atoms with Gasteiger partial charge in [-0.15, -0.1) is 0 Å². The molecule has 1 aliphatic heterocycles. The van der Waals surface area contributed by atoms with Gasteiger partial charge in [-0.2, -0.15) is 0 Å². The molecule has 0 aliphatic carbocycles. The Hall–Kier alpha value is -2.84. The van der Waals surface area contributed by atoms with Crippen molar-refractivity contribution in [3.8, 4) is 0 Å². The summed E-state index contributed by atoms with van der Waals surface area (Å²) in [6.45, 7) is 0.567. The van der Waals surface area contributed by atoms with E-state index in [1.165, 1.54) is 30.5 Å². The van der Waals surface area contributed by atoms with Crippen molar-refractivity contribution in [1.29, 1.82) is 0 Å². The van der Waals surface area contributed by atoms with Gasteiger partial charge >= 0.3 is 0 Å². The fraction of sp³-hybridized carbons (Fsp3) is 0.346. The predicted molar refractivity (Wildman–Crippen MR) is 121 cm³/mol. The van der Waals surface area contributed by atoms with Crippen LogP contribution in [0.1, 0.15) is 42.2 Å². The highest BCUT2D eigenvalue weighted by Crippen LogP contribution is 2.43. The number of aliphatic hydroxyl groups excluding tert-OH is 1. The molecule has 33 heavy (non-hydrogen) atoms. The maximum absolute atomic E-state index is 14.3. The number of halogens is 1. The molecule has 0 spiro atoms. The highest BCUT2D eigenvalue weighted by atomic mass is 19.1. The molecule has 2 aromatic carbocycles. The maximum Gasteiger partial charge on any atom is 0.222 e. The van der Waals surface area contributed by atoms with E-state index in [0.29, 0.717) is 30.9 Å². The van der Waals surface area contributed by atoms with Crippen LogP contribution in [0.25, 0.3) is 0 Å². The molecule has 1 aliphatic rings. The Bertz CT molecular complexity index is 1090. The van der Waals surface area contributed by atoms with Crippen LogP contribution in [0, 0.1) is 5.82 Å². The standard InChI is InChI=1S/C26H28FNO5/c27-21-9-4-8-20(16-21)26(33-24(12-14-29)23-17-22(30)11-13-28-23)25(10-5-15-32-26)31-18-19-6-2-1-3-7-19/h1-4,6-9,11,13,16-17,24-25,29H,5,10,12,14-15,18H2,(H,28,30). The lowest BCUT2D eigenvalue weighted by molar-refractivity contribution is -0.339. The summed E-state index contributed by atoms with van der Waals surface area (Å²) in [5, 5.41) is 9.71. The first kappa shape index (κ1) is 23.3. The monoisotopic (exact) mass is 453 g/mol. The Morgan fingerprint density at radius 1 is 1.15 bits per heavy atom. The molecule has 1 saturated heterocycles. The van der Waals surface area contributed by atoms with Crippen LogP contribution in [-0.4, -0.2) is 29.4 Å². The lowest BCUT2D eigenvalue weighted by atomic mass is 9.93. The number of aromatic nitrogens is 1. The predicted octanol–water partition coefficient (Wildman–Crippen LogP) is 4.20. The minimum atomic E-state index is -1.41. The van der Waals surface area contributed by atoms with Crippen LogP contribution in [0.3, 0.4) is 0 Å². The number of pyridine rings is 1. The first-order chi connectivity index (χ1) is 16.1. The van der Waals surface area contributed by atoms with Gasteiger partial charge in [0.15, 0.2) is 5.43 Å². The molecular formula is C26H28FNO5. The SMILES string of the molecule is O=c1cc[nH]c(C(CCO)OC2(c3cccc(F)c3)OCCCC2OCc2ccccc2)c1. The molecule has 0 bridgehead atoms. The Labute approximate surface area is 192 Å². The third-order valence-electron chi connectivity index (χ3n) is 5.72. The van der Waals surface area contributed by atoms with E-state index in [4.69, 9.17) is 14.2 Å². The number of H-pyrrole nitrogens is 1. The number of rotatable bonds is 9. The van der Waals surface area contributed by atoms with Crippen molar-refractivity contribution < 1.29 is 23.7 Å². The third kappa shape index (κ3) is 5.57. The van der Waals surface area contributed by atoms with E-state index in [1.54, 1.807) is 12.1 Å². The summed E-state index contributed by atoms with van der Waals surface area (Å²) in [6.07, 6.45) is 1.91. The molecule has 7 heteroatoms. The highest BCUT2D eigenvalue weighted by Gasteiger charge is 2.48. The van der Waals surface area contributed by atoms with Gasteiger partial charge in [0.2, 0.25) is 5.79 Å². The number of benzene rings is 2. The Morgan fingerprint density at radius 3 is 2.76 bits per heavy atom. The Balaban J connectivity index is 1.72. The molecule has 1 aromatic heterocycles. The quantitative estimate of drug-likeness (QED) is 0.508. The van der Waals surface area contributed by atoms with Crippen molar-refractivity contribution in [3.05, 3.63) is 106 Å². The molecule has 1 fully saturated rings. The summed E-state index contributed by atoms with van der Waals surface area (Å²) >= 11 is 0. The van der Waals surface area contributed by atoms with E-state index in [0.717, 1.165) is 12.0 Å². The zero-order chi connectivity index (χ0) is 23.1. The van der Waals surface area contributed by atoms with Crippen LogP contribution in [-0.2, 0) is 26.6 Å². The minimum absolute atomic E-state index is 0.170. The second kappa shape index (κ2) is 10.9. The summed E-state index contributed by atoms with van der Waals surface area (Å²) < 4.78 is 33.4. The van der Waals surface area contributed by atoms with Gasteiger partial charge in [0.1, 0.15) is 18.0 Å². The van der Waals surface area contributed by atoms with Crippen molar-refractivity contribution in [2.75, 3.05) is 13.2 Å². The van der Waals surface area contributed by atoms with Crippen molar-refractivity contribution in [1.82, 2.24) is 4.98 Å². The lowest BCUT2D eigenvalue weighted by Gasteiger charge is -2.45. The largest absolute Gasteiger partial charge is 0.396 e. The van der Waals surface area contributed by atoms with E-state index in [9.17, 15) is 14.3 Å². The lowest BCUT2D eigenvalue weighted by Crippen LogP contribution is -2.50. The number of hydrogen-bond donors (Lipinski definition) is 2. The van der Waals surface area contributed by atoms with E-state index in [-0.39, 0.29) is 18.5 Å². The summed E-state index contributed by atoms with van der Waals surface area (Å²) in [5.74, 6) is -1.83. The first-order valence-corrected chi connectivity index (χ1v) is 11.1.